The van der Waals surface area contributed by atoms with Gasteiger partial charge in [-0.05, 0) is 38.1 Å². The molecule has 0 fully saturated rings. The van der Waals surface area contributed by atoms with Gasteiger partial charge in [0.25, 0.3) is 5.91 Å². The van der Waals surface area contributed by atoms with E-state index in [1.807, 2.05) is 13.8 Å². The second kappa shape index (κ2) is 9.88. The summed E-state index contributed by atoms with van der Waals surface area (Å²) < 4.78 is 4.94. The molecule has 0 spiro atoms. The van der Waals surface area contributed by atoms with E-state index in [1.54, 1.807) is 29.2 Å². The number of esters is 1. The van der Waals surface area contributed by atoms with Crippen molar-refractivity contribution in [2.45, 2.75) is 26.7 Å². The Labute approximate surface area is 147 Å². The third-order valence-corrected chi connectivity index (χ3v) is 3.53. The number of benzene rings is 1. The van der Waals surface area contributed by atoms with Crippen molar-refractivity contribution in [1.29, 1.82) is 0 Å². The number of rotatable bonds is 9. The predicted molar refractivity (Wildman–Crippen MR) is 93.0 cm³/mol. The average molecular weight is 352 g/mol. The summed E-state index contributed by atoms with van der Waals surface area (Å²) in [6.07, 6.45) is -0.0424. The second-order valence-corrected chi connectivity index (χ2v) is 5.89. The number of carbonyl (C=O) groups is 3. The molecule has 0 aliphatic rings. The number of carbonyl (C=O) groups excluding carboxylic acids is 3. The molecule has 0 saturated carbocycles. The lowest BCUT2D eigenvalue weighted by molar-refractivity contribution is -0.151. The number of likely N-dealkylation sites (N-methyl/N-ethyl adjacent to an activating group) is 1. The normalized spacial score (nSPS) is 10.1. The highest BCUT2D eigenvalue weighted by Crippen LogP contribution is 2.12. The molecule has 1 aromatic rings. The van der Waals surface area contributed by atoms with Crippen LogP contribution in [0.1, 0.15) is 37.0 Å². The monoisotopic (exact) mass is 351 g/mol. The summed E-state index contributed by atoms with van der Waals surface area (Å²) in [6.45, 7) is 8.04. The van der Waals surface area contributed by atoms with Crippen molar-refractivity contribution in [2.24, 2.45) is 0 Å². The molecule has 1 aromatic carbocycles. The molecule has 5 nitrogen and oxygen atoms in total. The maximum atomic E-state index is 11.9. The summed E-state index contributed by atoms with van der Waals surface area (Å²) in [5.74, 6) is -1.03. The molecule has 0 aromatic heterocycles. The first kappa shape index (κ1) is 19.9. The van der Waals surface area contributed by atoms with Crippen molar-refractivity contribution < 1.29 is 19.1 Å². The third-order valence-electron chi connectivity index (χ3n) is 3.27. The molecule has 0 aliphatic heterocycles. The van der Waals surface area contributed by atoms with E-state index in [0.717, 1.165) is 5.57 Å². The molecular formula is C18H22ClNO4. The fraction of sp³-hybridized carbons (Fsp3) is 0.389. The molecule has 0 heterocycles. The van der Waals surface area contributed by atoms with Gasteiger partial charge < -0.3 is 9.64 Å². The van der Waals surface area contributed by atoms with Gasteiger partial charge in [-0.3, -0.25) is 14.4 Å². The minimum absolute atomic E-state index is 0.0257. The van der Waals surface area contributed by atoms with Gasteiger partial charge in [-0.2, -0.15) is 0 Å². The first-order chi connectivity index (χ1) is 11.3. The number of ketones is 1. The van der Waals surface area contributed by atoms with E-state index < -0.39 is 5.97 Å². The standard InChI is InChI=1S/C18H22ClNO4/c1-4-20(11-13(2)3)17(22)12-24-18(23)10-9-16(21)14-5-7-15(19)8-6-14/h5-8H,2,4,9-12H2,1,3H3. The van der Waals surface area contributed by atoms with Gasteiger partial charge in [0.2, 0.25) is 0 Å². The van der Waals surface area contributed by atoms with Crippen molar-refractivity contribution in [3.8, 4) is 0 Å². The lowest BCUT2D eigenvalue weighted by Gasteiger charge is -2.20. The van der Waals surface area contributed by atoms with Crippen molar-refractivity contribution in [1.82, 2.24) is 4.90 Å². The van der Waals surface area contributed by atoms with Gasteiger partial charge in [0.05, 0.1) is 6.42 Å². The Kier molecular flexibility index (Phi) is 8.19. The minimum Gasteiger partial charge on any atom is -0.456 e. The van der Waals surface area contributed by atoms with Crippen LogP contribution in [0.4, 0.5) is 0 Å². The van der Waals surface area contributed by atoms with Crippen LogP contribution in [0.5, 0.6) is 0 Å². The van der Waals surface area contributed by atoms with Crippen LogP contribution in [0.3, 0.4) is 0 Å². The van der Waals surface area contributed by atoms with E-state index in [-0.39, 0.29) is 31.1 Å². The highest BCUT2D eigenvalue weighted by Gasteiger charge is 2.15. The lowest BCUT2D eigenvalue weighted by Crippen LogP contribution is -2.35. The molecule has 6 heteroatoms. The van der Waals surface area contributed by atoms with Gasteiger partial charge in [0.15, 0.2) is 12.4 Å². The zero-order valence-corrected chi connectivity index (χ0v) is 14.8. The van der Waals surface area contributed by atoms with Crippen LogP contribution in [0.25, 0.3) is 0 Å². The highest BCUT2D eigenvalue weighted by atomic mass is 35.5. The first-order valence-electron chi connectivity index (χ1n) is 7.70. The van der Waals surface area contributed by atoms with E-state index >= 15 is 0 Å². The Hall–Kier alpha value is -2.14. The van der Waals surface area contributed by atoms with E-state index in [9.17, 15) is 14.4 Å². The Morgan fingerprint density at radius 3 is 2.33 bits per heavy atom. The molecular weight excluding hydrogens is 330 g/mol. The molecule has 1 rings (SSSR count). The number of nitrogens with zero attached hydrogens (tertiary/aromatic N) is 1. The molecule has 0 saturated heterocycles. The van der Waals surface area contributed by atoms with Crippen molar-refractivity contribution in [3.05, 3.63) is 47.0 Å². The molecule has 0 radical (unpaired) electrons. The number of hydrogen-bond donors (Lipinski definition) is 0. The summed E-state index contributed by atoms with van der Waals surface area (Å²) in [7, 11) is 0. The third kappa shape index (κ3) is 6.96. The quantitative estimate of drug-likeness (QED) is 0.389. The van der Waals surface area contributed by atoms with Crippen LogP contribution >= 0.6 is 11.6 Å². The molecule has 0 atom stereocenters. The maximum Gasteiger partial charge on any atom is 0.306 e. The molecule has 1 amide bonds. The van der Waals surface area contributed by atoms with Gasteiger partial charge in [0.1, 0.15) is 0 Å². The van der Waals surface area contributed by atoms with Crippen LogP contribution in [0.2, 0.25) is 5.02 Å². The zero-order valence-electron chi connectivity index (χ0n) is 14.0. The highest BCUT2D eigenvalue weighted by molar-refractivity contribution is 6.30. The second-order valence-electron chi connectivity index (χ2n) is 5.46. The molecule has 0 bridgehead atoms. The van der Waals surface area contributed by atoms with E-state index in [2.05, 4.69) is 6.58 Å². The summed E-state index contributed by atoms with van der Waals surface area (Å²) in [4.78, 5) is 37.1. The predicted octanol–water partition coefficient (Wildman–Crippen LogP) is 3.27. The minimum atomic E-state index is -0.572. The number of ether oxygens (including phenoxy) is 1. The molecule has 0 unspecified atom stereocenters. The van der Waals surface area contributed by atoms with Crippen LogP contribution in [0.15, 0.2) is 36.4 Å². The fourth-order valence-corrected chi connectivity index (χ4v) is 2.13. The van der Waals surface area contributed by atoms with Crippen LogP contribution in [-0.4, -0.2) is 42.3 Å². The van der Waals surface area contributed by atoms with Crippen LogP contribution in [-0.2, 0) is 14.3 Å². The fourth-order valence-electron chi connectivity index (χ4n) is 2.00. The summed E-state index contributed by atoms with van der Waals surface area (Å²) in [5.41, 5.74) is 1.34. The van der Waals surface area contributed by atoms with Crippen LogP contribution in [0, 0.1) is 0 Å². The van der Waals surface area contributed by atoms with E-state index in [4.69, 9.17) is 16.3 Å². The topological polar surface area (TPSA) is 63.7 Å². The van der Waals surface area contributed by atoms with Gasteiger partial charge in [-0.15, -0.1) is 0 Å². The van der Waals surface area contributed by atoms with Gasteiger partial charge in [0, 0.05) is 30.1 Å². The van der Waals surface area contributed by atoms with Crippen molar-refractivity contribution in [2.75, 3.05) is 19.7 Å². The molecule has 130 valence electrons. The average Bonchev–Trinajstić information content (AvgIpc) is 2.55. The number of amides is 1. The summed E-state index contributed by atoms with van der Waals surface area (Å²) in [6, 6.07) is 6.45. The Bertz CT molecular complexity index is 610. The van der Waals surface area contributed by atoms with Gasteiger partial charge in [-0.1, -0.05) is 23.8 Å². The van der Waals surface area contributed by atoms with Crippen molar-refractivity contribution >= 4 is 29.3 Å². The van der Waals surface area contributed by atoms with E-state index in [1.165, 1.54) is 0 Å². The molecule has 0 N–H and O–H groups in total. The maximum absolute atomic E-state index is 11.9. The Balaban J connectivity index is 2.38. The van der Waals surface area contributed by atoms with Crippen molar-refractivity contribution in [3.63, 3.8) is 0 Å². The smallest absolute Gasteiger partial charge is 0.306 e. The summed E-state index contributed by atoms with van der Waals surface area (Å²) in [5, 5.41) is 0.541. The zero-order chi connectivity index (χ0) is 18.1. The Morgan fingerprint density at radius 2 is 1.79 bits per heavy atom. The number of Topliss-reactive ketones (excluding diaryl/α,β-unsaturated/α-hetero) is 1. The largest absolute Gasteiger partial charge is 0.456 e. The molecule has 0 aliphatic carbocycles. The van der Waals surface area contributed by atoms with E-state index in [0.29, 0.717) is 23.7 Å². The molecule has 24 heavy (non-hydrogen) atoms. The Morgan fingerprint density at radius 1 is 1.17 bits per heavy atom. The lowest BCUT2D eigenvalue weighted by atomic mass is 10.1. The first-order valence-corrected chi connectivity index (χ1v) is 8.07. The van der Waals surface area contributed by atoms with Gasteiger partial charge >= 0.3 is 5.97 Å². The SMILES string of the molecule is C=C(C)CN(CC)C(=O)COC(=O)CCC(=O)c1ccc(Cl)cc1. The van der Waals surface area contributed by atoms with Gasteiger partial charge in [-0.25, -0.2) is 0 Å². The number of halogens is 1. The van der Waals surface area contributed by atoms with Crippen LogP contribution < -0.4 is 0 Å². The summed E-state index contributed by atoms with van der Waals surface area (Å²) >= 11 is 5.76. The number of hydrogen-bond acceptors (Lipinski definition) is 4.